The Labute approximate surface area is 137 Å². The summed E-state index contributed by atoms with van der Waals surface area (Å²) in [7, 11) is 1.86. The van der Waals surface area contributed by atoms with Crippen LogP contribution in [0, 0.1) is 6.92 Å². The number of rotatable bonds is 4. The summed E-state index contributed by atoms with van der Waals surface area (Å²) < 4.78 is 1.84. The second kappa shape index (κ2) is 6.68. The third-order valence-electron chi connectivity index (χ3n) is 2.89. The summed E-state index contributed by atoms with van der Waals surface area (Å²) in [6, 6.07) is 4.93. The van der Waals surface area contributed by atoms with Gasteiger partial charge in [-0.25, -0.2) is 0 Å². The highest BCUT2D eigenvalue weighted by molar-refractivity contribution is 8.00. The van der Waals surface area contributed by atoms with E-state index < -0.39 is 0 Å². The van der Waals surface area contributed by atoms with Gasteiger partial charge in [0.15, 0.2) is 5.16 Å². The largest absolute Gasteiger partial charge is 0.324 e. The first-order valence-corrected chi connectivity index (χ1v) is 7.80. The molecule has 112 valence electrons. The van der Waals surface area contributed by atoms with Crippen molar-refractivity contribution in [3.63, 3.8) is 0 Å². The van der Waals surface area contributed by atoms with Crippen LogP contribution in [0.15, 0.2) is 23.4 Å². The lowest BCUT2D eigenvalue weighted by Crippen LogP contribution is -2.23. The molecule has 1 amide bonds. The summed E-state index contributed by atoms with van der Waals surface area (Å²) in [6.07, 6.45) is 0. The van der Waals surface area contributed by atoms with Crippen LogP contribution in [-0.4, -0.2) is 25.9 Å². The van der Waals surface area contributed by atoms with Gasteiger partial charge in [-0.3, -0.25) is 4.79 Å². The molecule has 5 nitrogen and oxygen atoms in total. The van der Waals surface area contributed by atoms with Gasteiger partial charge >= 0.3 is 0 Å². The predicted octanol–water partition coefficient (Wildman–Crippen LogP) is 3.55. The molecule has 1 aromatic heterocycles. The van der Waals surface area contributed by atoms with Crippen LogP contribution in [0.1, 0.15) is 12.7 Å². The fourth-order valence-corrected chi connectivity index (χ4v) is 2.84. The van der Waals surface area contributed by atoms with E-state index in [0.29, 0.717) is 20.9 Å². The molecule has 0 saturated heterocycles. The summed E-state index contributed by atoms with van der Waals surface area (Å²) in [6.45, 7) is 3.66. The highest BCUT2D eigenvalue weighted by Crippen LogP contribution is 2.27. The van der Waals surface area contributed by atoms with Gasteiger partial charge in [0, 0.05) is 12.1 Å². The molecule has 0 radical (unpaired) electrons. The zero-order valence-electron chi connectivity index (χ0n) is 11.7. The zero-order valence-corrected chi connectivity index (χ0v) is 14.1. The Morgan fingerprint density at radius 2 is 2.10 bits per heavy atom. The van der Waals surface area contributed by atoms with E-state index in [9.17, 15) is 4.79 Å². The van der Waals surface area contributed by atoms with Crippen LogP contribution in [0.3, 0.4) is 0 Å². The molecule has 1 heterocycles. The number of halogens is 2. The standard InChI is InChI=1S/C13H14Cl2N4OS/c1-7(21-13-18-17-8(2)19(13)3)12(20)16-11-5-4-9(14)6-10(11)15/h4-7H,1-3H3,(H,16,20)/t7-/m1/s1. The van der Waals surface area contributed by atoms with Gasteiger partial charge in [-0.1, -0.05) is 35.0 Å². The fraction of sp³-hybridized carbons (Fsp3) is 0.308. The van der Waals surface area contributed by atoms with Crippen molar-refractivity contribution in [3.05, 3.63) is 34.1 Å². The number of anilines is 1. The molecule has 0 unspecified atom stereocenters. The number of nitrogens with zero attached hydrogens (tertiary/aromatic N) is 3. The van der Waals surface area contributed by atoms with Gasteiger partial charge in [0.25, 0.3) is 0 Å². The molecule has 21 heavy (non-hydrogen) atoms. The van der Waals surface area contributed by atoms with Crippen molar-refractivity contribution >= 4 is 46.6 Å². The van der Waals surface area contributed by atoms with Crippen LogP contribution in [0.4, 0.5) is 5.69 Å². The molecular formula is C13H14Cl2N4OS. The Morgan fingerprint density at radius 1 is 1.38 bits per heavy atom. The van der Waals surface area contributed by atoms with Crippen molar-refractivity contribution < 1.29 is 4.79 Å². The first-order chi connectivity index (χ1) is 9.88. The minimum Gasteiger partial charge on any atom is -0.324 e. The van der Waals surface area contributed by atoms with E-state index in [-0.39, 0.29) is 11.2 Å². The van der Waals surface area contributed by atoms with Crippen LogP contribution in [0.2, 0.25) is 10.0 Å². The van der Waals surface area contributed by atoms with Gasteiger partial charge in [-0.15, -0.1) is 10.2 Å². The maximum Gasteiger partial charge on any atom is 0.237 e. The highest BCUT2D eigenvalue weighted by Gasteiger charge is 2.19. The normalized spacial score (nSPS) is 12.2. The Bertz CT molecular complexity index is 674. The van der Waals surface area contributed by atoms with E-state index in [0.717, 1.165) is 5.82 Å². The summed E-state index contributed by atoms with van der Waals surface area (Å²) in [5.41, 5.74) is 0.535. The monoisotopic (exact) mass is 344 g/mol. The van der Waals surface area contributed by atoms with E-state index >= 15 is 0 Å². The van der Waals surface area contributed by atoms with Crippen LogP contribution in [0.25, 0.3) is 0 Å². The van der Waals surface area contributed by atoms with Crippen molar-refractivity contribution in [1.29, 1.82) is 0 Å². The minimum absolute atomic E-state index is 0.162. The van der Waals surface area contributed by atoms with E-state index in [1.165, 1.54) is 11.8 Å². The molecule has 0 fully saturated rings. The lowest BCUT2D eigenvalue weighted by atomic mass is 10.3. The summed E-state index contributed by atoms with van der Waals surface area (Å²) in [5.74, 6) is 0.635. The maximum absolute atomic E-state index is 12.2. The molecule has 0 aliphatic heterocycles. The molecule has 1 aromatic carbocycles. The minimum atomic E-state index is -0.334. The van der Waals surface area contributed by atoms with Crippen molar-refractivity contribution in [1.82, 2.24) is 14.8 Å². The first kappa shape index (κ1) is 16.1. The number of aryl methyl sites for hydroxylation is 1. The average Bonchev–Trinajstić information content (AvgIpc) is 2.73. The topological polar surface area (TPSA) is 59.8 Å². The van der Waals surface area contributed by atoms with E-state index in [1.54, 1.807) is 25.1 Å². The van der Waals surface area contributed by atoms with Gasteiger partial charge in [-0.05, 0) is 32.0 Å². The quantitative estimate of drug-likeness (QED) is 0.861. The number of thioether (sulfide) groups is 1. The summed E-state index contributed by atoms with van der Waals surface area (Å²) in [5, 5.41) is 12.0. The molecule has 2 rings (SSSR count). The van der Waals surface area contributed by atoms with Crippen molar-refractivity contribution in [2.75, 3.05) is 5.32 Å². The highest BCUT2D eigenvalue weighted by atomic mass is 35.5. The van der Waals surface area contributed by atoms with Crippen LogP contribution < -0.4 is 5.32 Å². The van der Waals surface area contributed by atoms with Crippen molar-refractivity contribution in [3.8, 4) is 0 Å². The molecule has 1 N–H and O–H groups in total. The SMILES string of the molecule is Cc1nnc(S[C@H](C)C(=O)Nc2ccc(Cl)cc2Cl)n1C. The zero-order chi connectivity index (χ0) is 15.6. The molecule has 1 atom stereocenters. The molecule has 0 aliphatic rings. The molecule has 0 bridgehead atoms. The molecule has 0 saturated carbocycles. The van der Waals surface area contributed by atoms with Crippen LogP contribution >= 0.6 is 35.0 Å². The number of hydrogen-bond donors (Lipinski definition) is 1. The Kier molecular flexibility index (Phi) is 5.13. The number of aromatic nitrogens is 3. The average molecular weight is 345 g/mol. The molecule has 0 spiro atoms. The van der Waals surface area contributed by atoms with Gasteiger partial charge in [-0.2, -0.15) is 0 Å². The number of amides is 1. The molecule has 2 aromatic rings. The third kappa shape index (κ3) is 3.90. The number of benzene rings is 1. The molecular weight excluding hydrogens is 331 g/mol. The second-order valence-electron chi connectivity index (χ2n) is 4.46. The first-order valence-electron chi connectivity index (χ1n) is 6.17. The van der Waals surface area contributed by atoms with E-state index in [4.69, 9.17) is 23.2 Å². The second-order valence-corrected chi connectivity index (χ2v) is 6.61. The van der Waals surface area contributed by atoms with Gasteiger partial charge < -0.3 is 9.88 Å². The number of hydrogen-bond acceptors (Lipinski definition) is 4. The lowest BCUT2D eigenvalue weighted by molar-refractivity contribution is -0.115. The number of carbonyl (C=O) groups is 1. The van der Waals surface area contributed by atoms with Gasteiger partial charge in [0.2, 0.25) is 5.91 Å². The maximum atomic E-state index is 12.2. The van der Waals surface area contributed by atoms with Crippen molar-refractivity contribution in [2.24, 2.45) is 7.05 Å². The fourth-order valence-electron chi connectivity index (χ4n) is 1.53. The van der Waals surface area contributed by atoms with E-state index in [1.807, 2.05) is 18.5 Å². The Hall–Kier alpha value is -1.24. The number of nitrogens with one attached hydrogen (secondary N) is 1. The summed E-state index contributed by atoms with van der Waals surface area (Å²) >= 11 is 13.2. The van der Waals surface area contributed by atoms with Crippen molar-refractivity contribution in [2.45, 2.75) is 24.3 Å². The van der Waals surface area contributed by atoms with Gasteiger partial charge in [0.05, 0.1) is 16.0 Å². The van der Waals surface area contributed by atoms with E-state index in [2.05, 4.69) is 15.5 Å². The van der Waals surface area contributed by atoms with Crippen LogP contribution in [0.5, 0.6) is 0 Å². The Balaban J connectivity index is 2.04. The summed E-state index contributed by atoms with van der Waals surface area (Å²) in [4.78, 5) is 12.2. The predicted molar refractivity (Wildman–Crippen MR) is 86.2 cm³/mol. The third-order valence-corrected chi connectivity index (χ3v) is 4.57. The molecule has 8 heteroatoms. The van der Waals surface area contributed by atoms with Gasteiger partial charge in [0.1, 0.15) is 5.82 Å². The smallest absolute Gasteiger partial charge is 0.237 e. The Morgan fingerprint density at radius 3 is 2.67 bits per heavy atom. The lowest BCUT2D eigenvalue weighted by Gasteiger charge is -2.12. The number of carbonyl (C=O) groups excluding carboxylic acids is 1. The molecule has 0 aliphatic carbocycles. The van der Waals surface area contributed by atoms with Crippen LogP contribution in [-0.2, 0) is 11.8 Å².